The average molecular weight is 304 g/mol. The second-order valence-corrected chi connectivity index (χ2v) is 6.37. The first-order chi connectivity index (χ1) is 7.43. The Balaban J connectivity index is 2.88. The summed E-state index contributed by atoms with van der Waals surface area (Å²) in [5.41, 5.74) is 0.946. The van der Waals surface area contributed by atoms with E-state index in [1.54, 1.807) is 6.08 Å². The van der Waals surface area contributed by atoms with Crippen molar-refractivity contribution in [1.82, 2.24) is 4.31 Å². The van der Waals surface area contributed by atoms with E-state index >= 15 is 0 Å². The van der Waals surface area contributed by atoms with E-state index in [2.05, 4.69) is 22.5 Å². The van der Waals surface area contributed by atoms with Crippen LogP contribution in [0, 0.1) is 0 Å². The molecule has 88 valence electrons. The van der Waals surface area contributed by atoms with Crippen molar-refractivity contribution in [2.45, 2.75) is 6.54 Å². The minimum Gasteiger partial charge on any atom is -0.212 e. The molecule has 0 bridgehead atoms. The van der Waals surface area contributed by atoms with Gasteiger partial charge in [0.15, 0.2) is 0 Å². The maximum Gasteiger partial charge on any atom is 0.211 e. The molecule has 1 aromatic carbocycles. The quantitative estimate of drug-likeness (QED) is 0.783. The second kappa shape index (κ2) is 5.61. The molecule has 0 amide bonds. The summed E-state index contributed by atoms with van der Waals surface area (Å²) in [7, 11) is -3.19. The highest BCUT2D eigenvalue weighted by molar-refractivity contribution is 9.10. The van der Waals surface area contributed by atoms with Crippen LogP contribution in [0.3, 0.4) is 0 Å². The summed E-state index contributed by atoms with van der Waals surface area (Å²) in [6, 6.07) is 7.59. The van der Waals surface area contributed by atoms with Gasteiger partial charge in [0.05, 0.1) is 6.26 Å². The van der Waals surface area contributed by atoms with Gasteiger partial charge in [0.1, 0.15) is 0 Å². The van der Waals surface area contributed by atoms with Crippen molar-refractivity contribution >= 4 is 26.0 Å². The van der Waals surface area contributed by atoms with Gasteiger partial charge in [0.25, 0.3) is 0 Å². The zero-order valence-electron chi connectivity index (χ0n) is 9.06. The molecule has 0 aliphatic heterocycles. The Kier molecular flexibility index (Phi) is 4.70. The van der Waals surface area contributed by atoms with Crippen molar-refractivity contribution in [1.29, 1.82) is 0 Å². The van der Waals surface area contributed by atoms with Crippen LogP contribution in [0.2, 0.25) is 0 Å². The van der Waals surface area contributed by atoms with Crippen molar-refractivity contribution in [2.24, 2.45) is 0 Å². The van der Waals surface area contributed by atoms with Gasteiger partial charge in [-0.1, -0.05) is 34.1 Å². The molecule has 0 unspecified atom stereocenters. The van der Waals surface area contributed by atoms with E-state index in [9.17, 15) is 8.42 Å². The van der Waals surface area contributed by atoms with E-state index in [1.165, 1.54) is 10.6 Å². The fourth-order valence-electron chi connectivity index (χ4n) is 1.30. The molecule has 0 radical (unpaired) electrons. The SMILES string of the molecule is C=CCN(Cc1cccc(Br)c1)S(C)(=O)=O. The number of hydrogen-bond donors (Lipinski definition) is 0. The van der Waals surface area contributed by atoms with Gasteiger partial charge >= 0.3 is 0 Å². The van der Waals surface area contributed by atoms with Gasteiger partial charge in [0.2, 0.25) is 10.0 Å². The monoisotopic (exact) mass is 303 g/mol. The van der Waals surface area contributed by atoms with E-state index in [1.807, 2.05) is 24.3 Å². The first kappa shape index (κ1) is 13.4. The van der Waals surface area contributed by atoms with Gasteiger partial charge in [-0.15, -0.1) is 6.58 Å². The summed E-state index contributed by atoms with van der Waals surface area (Å²) >= 11 is 3.35. The van der Waals surface area contributed by atoms with Gasteiger partial charge in [-0.05, 0) is 17.7 Å². The van der Waals surface area contributed by atoms with Crippen LogP contribution in [-0.2, 0) is 16.6 Å². The van der Waals surface area contributed by atoms with Gasteiger partial charge in [-0.3, -0.25) is 0 Å². The zero-order chi connectivity index (χ0) is 12.2. The number of benzene rings is 1. The molecule has 0 saturated carbocycles. The lowest BCUT2D eigenvalue weighted by Crippen LogP contribution is -2.29. The highest BCUT2D eigenvalue weighted by Crippen LogP contribution is 2.14. The lowest BCUT2D eigenvalue weighted by Gasteiger charge is -2.18. The fourth-order valence-corrected chi connectivity index (χ4v) is 2.51. The number of nitrogens with zero attached hydrogens (tertiary/aromatic N) is 1. The van der Waals surface area contributed by atoms with Crippen LogP contribution in [0.15, 0.2) is 41.4 Å². The van der Waals surface area contributed by atoms with Crippen LogP contribution in [0.5, 0.6) is 0 Å². The molecule has 3 nitrogen and oxygen atoms in total. The number of sulfonamides is 1. The number of hydrogen-bond acceptors (Lipinski definition) is 2. The molecular weight excluding hydrogens is 290 g/mol. The van der Waals surface area contributed by atoms with E-state index in [0.717, 1.165) is 10.0 Å². The molecule has 0 saturated heterocycles. The lowest BCUT2D eigenvalue weighted by molar-refractivity contribution is 0.443. The summed E-state index contributed by atoms with van der Waals surface area (Å²) in [5, 5.41) is 0. The topological polar surface area (TPSA) is 37.4 Å². The van der Waals surface area contributed by atoms with Crippen LogP contribution in [0.1, 0.15) is 5.56 Å². The molecule has 1 rings (SSSR count). The largest absolute Gasteiger partial charge is 0.212 e. The molecule has 0 aliphatic rings. The molecule has 0 atom stereocenters. The van der Waals surface area contributed by atoms with E-state index in [-0.39, 0.29) is 0 Å². The molecule has 0 spiro atoms. The van der Waals surface area contributed by atoms with E-state index in [4.69, 9.17) is 0 Å². The van der Waals surface area contributed by atoms with Crippen molar-refractivity contribution in [3.05, 3.63) is 47.0 Å². The third-order valence-corrected chi connectivity index (χ3v) is 3.76. The van der Waals surface area contributed by atoms with Crippen LogP contribution in [0.25, 0.3) is 0 Å². The van der Waals surface area contributed by atoms with Crippen LogP contribution in [-0.4, -0.2) is 25.5 Å². The molecule has 0 N–H and O–H groups in total. The lowest BCUT2D eigenvalue weighted by atomic mass is 10.2. The van der Waals surface area contributed by atoms with Crippen LogP contribution in [0.4, 0.5) is 0 Å². The predicted octanol–water partition coefficient (Wildman–Crippen LogP) is 2.40. The summed E-state index contributed by atoms with van der Waals surface area (Å²) in [4.78, 5) is 0. The van der Waals surface area contributed by atoms with Crippen molar-refractivity contribution in [3.8, 4) is 0 Å². The fraction of sp³-hybridized carbons (Fsp3) is 0.273. The standard InChI is InChI=1S/C11H14BrNO2S/c1-3-7-13(16(2,14)15)9-10-5-4-6-11(12)8-10/h3-6,8H,1,7,9H2,2H3. The molecule has 0 aromatic heterocycles. The third-order valence-electron chi connectivity index (χ3n) is 2.05. The predicted molar refractivity (Wildman–Crippen MR) is 69.6 cm³/mol. The minimum atomic E-state index is -3.19. The molecule has 1 aromatic rings. The van der Waals surface area contributed by atoms with Crippen LogP contribution >= 0.6 is 15.9 Å². The molecule has 0 fully saturated rings. The molecular formula is C11H14BrNO2S. The first-order valence-corrected chi connectivity index (χ1v) is 7.38. The van der Waals surface area contributed by atoms with Gasteiger partial charge in [-0.25, -0.2) is 8.42 Å². The Morgan fingerprint density at radius 2 is 2.19 bits per heavy atom. The van der Waals surface area contributed by atoms with E-state index < -0.39 is 10.0 Å². The van der Waals surface area contributed by atoms with Crippen molar-refractivity contribution in [2.75, 3.05) is 12.8 Å². The zero-order valence-corrected chi connectivity index (χ0v) is 11.5. The van der Waals surface area contributed by atoms with Crippen molar-refractivity contribution in [3.63, 3.8) is 0 Å². The smallest absolute Gasteiger partial charge is 0.211 e. The van der Waals surface area contributed by atoms with E-state index in [0.29, 0.717) is 13.1 Å². The highest BCUT2D eigenvalue weighted by Gasteiger charge is 2.15. The average Bonchev–Trinajstić information content (AvgIpc) is 2.16. The van der Waals surface area contributed by atoms with Gasteiger partial charge in [0, 0.05) is 17.6 Å². The van der Waals surface area contributed by atoms with Crippen LogP contribution < -0.4 is 0 Å². The molecule has 0 aliphatic carbocycles. The highest BCUT2D eigenvalue weighted by atomic mass is 79.9. The Labute approximate surface area is 105 Å². The first-order valence-electron chi connectivity index (χ1n) is 4.74. The Hall–Kier alpha value is -0.650. The Morgan fingerprint density at radius 1 is 1.50 bits per heavy atom. The summed E-state index contributed by atoms with van der Waals surface area (Å²) in [5.74, 6) is 0. The maximum atomic E-state index is 11.5. The normalized spacial score (nSPS) is 11.7. The van der Waals surface area contributed by atoms with Gasteiger partial charge in [-0.2, -0.15) is 4.31 Å². The third kappa shape index (κ3) is 4.08. The number of rotatable bonds is 5. The Morgan fingerprint density at radius 3 is 2.69 bits per heavy atom. The molecule has 16 heavy (non-hydrogen) atoms. The van der Waals surface area contributed by atoms with Gasteiger partial charge < -0.3 is 0 Å². The molecule has 0 heterocycles. The molecule has 5 heteroatoms. The summed E-state index contributed by atoms with van der Waals surface area (Å²) in [6.45, 7) is 4.25. The minimum absolute atomic E-state index is 0.325. The second-order valence-electron chi connectivity index (χ2n) is 3.47. The number of halogens is 1. The summed E-state index contributed by atoms with van der Waals surface area (Å²) in [6.07, 6.45) is 2.79. The maximum absolute atomic E-state index is 11.5. The summed E-state index contributed by atoms with van der Waals surface area (Å²) < 4.78 is 25.3. The Bertz CT molecular complexity index is 471. The van der Waals surface area contributed by atoms with Crippen molar-refractivity contribution < 1.29 is 8.42 Å².